The molecule has 0 aliphatic carbocycles. The normalized spacial score (nSPS) is 15.1. The van der Waals surface area contributed by atoms with Crippen LogP contribution in [0.3, 0.4) is 0 Å². The highest BCUT2D eigenvalue weighted by Gasteiger charge is 2.35. The van der Waals surface area contributed by atoms with E-state index in [1.54, 1.807) is 47.6 Å². The summed E-state index contributed by atoms with van der Waals surface area (Å²) < 4.78 is 33.8. The molecule has 1 aliphatic heterocycles. The Hall–Kier alpha value is -3.05. The minimum Gasteiger partial charge on any atom is -0.497 e. The van der Waals surface area contributed by atoms with Gasteiger partial charge in [-0.25, -0.2) is 13.4 Å². The molecule has 2 aromatic carbocycles. The van der Waals surface area contributed by atoms with Crippen LogP contribution in [0, 0.1) is 5.92 Å². The van der Waals surface area contributed by atoms with Crippen molar-refractivity contribution >= 4 is 54.2 Å². The third-order valence-corrected chi connectivity index (χ3v) is 9.68. The molecule has 1 saturated heterocycles. The van der Waals surface area contributed by atoms with Crippen molar-refractivity contribution in [2.24, 2.45) is 5.92 Å². The molecule has 2 aromatic heterocycles. The molecule has 0 N–H and O–H groups in total. The second-order valence-corrected chi connectivity index (χ2v) is 12.1. The maximum absolute atomic E-state index is 13.8. The second-order valence-electron chi connectivity index (χ2n) is 8.72. The van der Waals surface area contributed by atoms with Crippen LogP contribution in [0.15, 0.2) is 71.9 Å². The van der Waals surface area contributed by atoms with Gasteiger partial charge in [0.1, 0.15) is 11.3 Å². The summed E-state index contributed by atoms with van der Waals surface area (Å²) in [5.74, 6) is 0.176. The van der Waals surface area contributed by atoms with Crippen molar-refractivity contribution in [2.75, 3.05) is 25.1 Å². The molecule has 0 atom stereocenters. The van der Waals surface area contributed by atoms with E-state index in [-0.39, 0.29) is 29.8 Å². The van der Waals surface area contributed by atoms with Gasteiger partial charge in [0.05, 0.1) is 28.3 Å². The number of aromatic nitrogens is 2. The number of methoxy groups -OCH3 is 1. The summed E-state index contributed by atoms with van der Waals surface area (Å²) in [5, 5.41) is 1.09. The predicted molar refractivity (Wildman–Crippen MR) is 145 cm³/mol. The highest BCUT2D eigenvalue weighted by Crippen LogP contribution is 2.35. The Kier molecular flexibility index (Phi) is 7.43. The number of pyridine rings is 1. The number of hydrogen-bond acceptors (Lipinski definition) is 7. The number of anilines is 1. The second kappa shape index (κ2) is 10.7. The molecule has 1 amide bonds. The molecule has 1 aliphatic rings. The first-order chi connectivity index (χ1) is 17.9. The Morgan fingerprint density at radius 3 is 2.54 bits per heavy atom. The number of benzene rings is 2. The van der Waals surface area contributed by atoms with Gasteiger partial charge >= 0.3 is 0 Å². The fraction of sp³-hybridized carbons (Fsp3) is 0.269. The minimum atomic E-state index is -3.66. The number of fused-ring (bicyclic) bond motifs is 1. The number of thiazole rings is 1. The lowest BCUT2D eigenvalue weighted by molar-refractivity contribution is -0.123. The minimum absolute atomic E-state index is 0.0828. The van der Waals surface area contributed by atoms with Crippen LogP contribution in [0.4, 0.5) is 5.13 Å². The first kappa shape index (κ1) is 25.6. The number of carbonyl (C=O) groups is 1. The summed E-state index contributed by atoms with van der Waals surface area (Å²) in [4.78, 5) is 24.6. The van der Waals surface area contributed by atoms with E-state index in [9.17, 15) is 13.2 Å². The molecule has 0 bridgehead atoms. The van der Waals surface area contributed by atoms with Gasteiger partial charge in [0.15, 0.2) is 5.13 Å². The molecule has 11 heteroatoms. The van der Waals surface area contributed by atoms with E-state index in [4.69, 9.17) is 16.3 Å². The SMILES string of the molecule is COc1ccc(S(=O)(=O)N2CCC(C(=O)N(Cc3cccnc3)c3nc4c(Cl)cccc4s3)CC2)cc1. The molecule has 192 valence electrons. The Morgan fingerprint density at radius 1 is 1.14 bits per heavy atom. The summed E-state index contributed by atoms with van der Waals surface area (Å²) in [6.07, 6.45) is 4.25. The number of sulfonamides is 1. The van der Waals surface area contributed by atoms with Gasteiger partial charge in [-0.3, -0.25) is 14.7 Å². The Bertz CT molecular complexity index is 1500. The smallest absolute Gasteiger partial charge is 0.243 e. The van der Waals surface area contributed by atoms with Crippen LogP contribution in [-0.4, -0.2) is 48.8 Å². The van der Waals surface area contributed by atoms with Crippen LogP contribution >= 0.6 is 22.9 Å². The molecule has 5 rings (SSSR count). The molecule has 0 spiro atoms. The average molecular weight is 557 g/mol. The van der Waals surface area contributed by atoms with Crippen molar-refractivity contribution in [3.05, 3.63) is 77.6 Å². The molecule has 0 unspecified atom stereocenters. The number of halogens is 1. The van der Waals surface area contributed by atoms with Gasteiger partial charge < -0.3 is 4.74 Å². The molecule has 0 saturated carbocycles. The lowest BCUT2D eigenvalue weighted by atomic mass is 9.96. The van der Waals surface area contributed by atoms with Crippen LogP contribution in [0.5, 0.6) is 5.75 Å². The zero-order valence-electron chi connectivity index (χ0n) is 20.1. The van der Waals surface area contributed by atoms with Gasteiger partial charge in [0.2, 0.25) is 15.9 Å². The topological polar surface area (TPSA) is 92.7 Å². The fourth-order valence-corrected chi connectivity index (χ4v) is 7.13. The van der Waals surface area contributed by atoms with Gasteiger partial charge in [-0.1, -0.05) is 35.1 Å². The van der Waals surface area contributed by atoms with Crippen molar-refractivity contribution in [2.45, 2.75) is 24.3 Å². The van der Waals surface area contributed by atoms with Gasteiger partial charge in [0.25, 0.3) is 0 Å². The number of ether oxygens (including phenoxy) is 1. The van der Waals surface area contributed by atoms with Crippen LogP contribution in [-0.2, 0) is 21.4 Å². The first-order valence-corrected chi connectivity index (χ1v) is 14.4. The third-order valence-electron chi connectivity index (χ3n) is 6.42. The summed E-state index contributed by atoms with van der Waals surface area (Å²) >= 11 is 7.76. The number of piperidine rings is 1. The maximum Gasteiger partial charge on any atom is 0.243 e. The summed E-state index contributed by atoms with van der Waals surface area (Å²) in [6, 6.07) is 15.6. The number of para-hydroxylation sites is 1. The van der Waals surface area contributed by atoms with Crippen molar-refractivity contribution in [1.29, 1.82) is 0 Å². The van der Waals surface area contributed by atoms with Crippen LogP contribution in [0.2, 0.25) is 5.02 Å². The number of rotatable bonds is 7. The number of hydrogen-bond donors (Lipinski definition) is 0. The Morgan fingerprint density at radius 2 is 1.89 bits per heavy atom. The zero-order valence-corrected chi connectivity index (χ0v) is 22.5. The molecular formula is C26H25ClN4O4S2. The standard InChI is InChI=1S/C26H25ClN4O4S2/c1-35-20-7-9-21(10-8-20)37(33,34)30-14-11-19(12-15-30)25(32)31(17-18-4-3-13-28-16-18)26-29-24-22(27)5-2-6-23(24)36-26/h2-10,13,16,19H,11-12,14-15,17H2,1H3. The van der Waals surface area contributed by atoms with E-state index >= 15 is 0 Å². The monoisotopic (exact) mass is 556 g/mol. The zero-order chi connectivity index (χ0) is 26.0. The summed E-state index contributed by atoms with van der Waals surface area (Å²) in [7, 11) is -2.13. The van der Waals surface area contributed by atoms with Crippen molar-refractivity contribution < 1.29 is 17.9 Å². The number of amides is 1. The van der Waals surface area contributed by atoms with Crippen LogP contribution < -0.4 is 9.64 Å². The van der Waals surface area contributed by atoms with E-state index < -0.39 is 10.0 Å². The van der Waals surface area contributed by atoms with Gasteiger partial charge in [0, 0.05) is 31.4 Å². The molecule has 37 heavy (non-hydrogen) atoms. The largest absolute Gasteiger partial charge is 0.497 e. The van der Waals surface area contributed by atoms with E-state index in [2.05, 4.69) is 9.97 Å². The van der Waals surface area contributed by atoms with Gasteiger partial charge in [-0.15, -0.1) is 0 Å². The highest BCUT2D eigenvalue weighted by molar-refractivity contribution is 7.89. The molecule has 3 heterocycles. The van der Waals surface area contributed by atoms with Crippen molar-refractivity contribution in [1.82, 2.24) is 14.3 Å². The predicted octanol–water partition coefficient (Wildman–Crippen LogP) is 4.99. The highest BCUT2D eigenvalue weighted by atomic mass is 35.5. The van der Waals surface area contributed by atoms with E-state index in [0.29, 0.717) is 40.8 Å². The van der Waals surface area contributed by atoms with Crippen LogP contribution in [0.25, 0.3) is 10.2 Å². The average Bonchev–Trinajstić information content (AvgIpc) is 3.37. The van der Waals surface area contributed by atoms with E-state index in [1.165, 1.54) is 22.8 Å². The summed E-state index contributed by atoms with van der Waals surface area (Å²) in [5.41, 5.74) is 1.54. The summed E-state index contributed by atoms with van der Waals surface area (Å²) in [6.45, 7) is 0.836. The van der Waals surface area contributed by atoms with E-state index in [1.807, 2.05) is 24.3 Å². The molecule has 0 radical (unpaired) electrons. The Labute approximate surface area is 224 Å². The lowest BCUT2D eigenvalue weighted by Crippen LogP contribution is -2.44. The molecular weight excluding hydrogens is 532 g/mol. The van der Waals surface area contributed by atoms with Gasteiger partial charge in [-0.2, -0.15) is 4.31 Å². The molecule has 1 fully saturated rings. The first-order valence-electron chi connectivity index (χ1n) is 11.8. The van der Waals surface area contributed by atoms with Gasteiger partial charge in [-0.05, 0) is 60.9 Å². The third kappa shape index (κ3) is 5.33. The maximum atomic E-state index is 13.8. The quantitative estimate of drug-likeness (QED) is 0.318. The van der Waals surface area contributed by atoms with Crippen molar-refractivity contribution in [3.63, 3.8) is 0 Å². The molecule has 4 aromatic rings. The fourth-order valence-electron chi connectivity index (χ4n) is 4.39. The van der Waals surface area contributed by atoms with Crippen molar-refractivity contribution in [3.8, 4) is 5.75 Å². The Balaban J connectivity index is 1.36. The number of carbonyl (C=O) groups excluding carboxylic acids is 1. The van der Waals surface area contributed by atoms with Crippen LogP contribution in [0.1, 0.15) is 18.4 Å². The van der Waals surface area contributed by atoms with E-state index in [0.717, 1.165) is 10.3 Å². The molecule has 8 nitrogen and oxygen atoms in total. The number of nitrogens with zero attached hydrogens (tertiary/aromatic N) is 4. The lowest BCUT2D eigenvalue weighted by Gasteiger charge is -2.33.